The molecule has 0 aliphatic carbocycles. The lowest BCUT2D eigenvalue weighted by Crippen LogP contribution is -2.02. The third kappa shape index (κ3) is 2.83. The molecule has 0 bridgehead atoms. The van der Waals surface area contributed by atoms with Crippen LogP contribution in [0.4, 0.5) is 8.78 Å². The monoisotopic (exact) mass is 314 g/mol. The van der Waals surface area contributed by atoms with Gasteiger partial charge in [0.15, 0.2) is 5.82 Å². The van der Waals surface area contributed by atoms with E-state index in [2.05, 4.69) is 20.9 Å². The molecule has 0 aliphatic heterocycles. The van der Waals surface area contributed by atoms with E-state index in [-0.39, 0.29) is 23.7 Å². The molecule has 0 saturated heterocycles. The average Bonchev–Trinajstić information content (AvgIpc) is 2.30. The Labute approximate surface area is 111 Å². The second-order valence-corrected chi connectivity index (χ2v) is 4.42. The van der Waals surface area contributed by atoms with Crippen LogP contribution in [-0.4, -0.2) is 4.98 Å². The number of pyridine rings is 1. The molecular weight excluding hydrogens is 306 g/mol. The molecule has 1 heterocycles. The zero-order valence-electron chi connectivity index (χ0n) is 9.16. The number of rotatable bonds is 3. The molecule has 3 nitrogen and oxygen atoms in total. The van der Waals surface area contributed by atoms with Crippen LogP contribution < -0.4 is 10.5 Å². The van der Waals surface area contributed by atoms with Crippen LogP contribution >= 0.6 is 15.9 Å². The summed E-state index contributed by atoms with van der Waals surface area (Å²) in [6.45, 7) is 0.0392. The summed E-state index contributed by atoms with van der Waals surface area (Å²) in [4.78, 5) is 3.75. The minimum Gasteiger partial charge on any atom is -0.436 e. The predicted molar refractivity (Wildman–Crippen MR) is 66.3 cm³/mol. The first-order valence-electron chi connectivity index (χ1n) is 5.07. The lowest BCUT2D eigenvalue weighted by Gasteiger charge is -2.08. The van der Waals surface area contributed by atoms with Gasteiger partial charge < -0.3 is 10.5 Å². The maximum Gasteiger partial charge on any atom is 0.256 e. The molecule has 2 aromatic rings. The number of benzene rings is 1. The Hall–Kier alpha value is -1.53. The van der Waals surface area contributed by atoms with Crippen molar-refractivity contribution in [3.8, 4) is 11.6 Å². The van der Waals surface area contributed by atoms with Crippen LogP contribution in [0, 0.1) is 11.6 Å². The van der Waals surface area contributed by atoms with E-state index in [1.54, 1.807) is 0 Å². The van der Waals surface area contributed by atoms with Crippen molar-refractivity contribution in [2.45, 2.75) is 6.54 Å². The van der Waals surface area contributed by atoms with Crippen LogP contribution in [0.5, 0.6) is 11.6 Å². The molecule has 0 spiro atoms. The van der Waals surface area contributed by atoms with Gasteiger partial charge in [-0.25, -0.2) is 13.8 Å². The number of hydrogen-bond acceptors (Lipinski definition) is 3. The maximum absolute atomic E-state index is 13.8. The zero-order valence-corrected chi connectivity index (χ0v) is 10.7. The van der Waals surface area contributed by atoms with Gasteiger partial charge in [-0.3, -0.25) is 0 Å². The van der Waals surface area contributed by atoms with Crippen LogP contribution in [0.25, 0.3) is 0 Å². The van der Waals surface area contributed by atoms with Crippen LogP contribution in [-0.2, 0) is 6.54 Å². The van der Waals surface area contributed by atoms with Gasteiger partial charge in [-0.2, -0.15) is 0 Å². The summed E-state index contributed by atoms with van der Waals surface area (Å²) in [5.41, 5.74) is 5.66. The second-order valence-electron chi connectivity index (χ2n) is 3.50. The highest BCUT2D eigenvalue weighted by molar-refractivity contribution is 9.10. The molecule has 0 radical (unpaired) electrons. The van der Waals surface area contributed by atoms with E-state index in [0.29, 0.717) is 4.47 Å². The number of nitrogens with two attached hydrogens (primary N) is 1. The molecule has 0 unspecified atom stereocenters. The first-order valence-corrected chi connectivity index (χ1v) is 5.87. The normalized spacial score (nSPS) is 10.4. The summed E-state index contributed by atoms with van der Waals surface area (Å²) in [5, 5.41) is 0. The first-order chi connectivity index (χ1) is 8.60. The van der Waals surface area contributed by atoms with E-state index in [1.165, 1.54) is 24.4 Å². The molecule has 0 fully saturated rings. The second kappa shape index (κ2) is 5.41. The lowest BCUT2D eigenvalue weighted by molar-refractivity contribution is 0.416. The Morgan fingerprint density at radius 2 is 2.06 bits per heavy atom. The summed E-state index contributed by atoms with van der Waals surface area (Å²) in [6, 6.07) is 5.39. The molecule has 0 atom stereocenters. The number of halogens is 3. The Balaban J connectivity index is 2.34. The Morgan fingerprint density at radius 3 is 2.72 bits per heavy atom. The molecule has 6 heteroatoms. The van der Waals surface area contributed by atoms with Gasteiger partial charge in [0.25, 0.3) is 5.88 Å². The minimum absolute atomic E-state index is 0.0392. The summed E-state index contributed by atoms with van der Waals surface area (Å²) < 4.78 is 32.6. The Kier molecular flexibility index (Phi) is 3.88. The van der Waals surface area contributed by atoms with Crippen molar-refractivity contribution in [3.05, 3.63) is 52.1 Å². The third-order valence-electron chi connectivity index (χ3n) is 2.21. The molecular formula is C12H9BrF2N2O. The minimum atomic E-state index is -0.639. The van der Waals surface area contributed by atoms with Gasteiger partial charge in [-0.15, -0.1) is 0 Å². The molecule has 0 amide bonds. The predicted octanol–water partition coefficient (Wildman–Crippen LogP) is 3.37. The standard InChI is InChI=1S/C12H9BrF2N2O/c13-8-3-9(14)5-10(4-8)18-12-11(15)7(6-16)1-2-17-12/h1-5H,6,16H2. The topological polar surface area (TPSA) is 48.1 Å². The third-order valence-corrected chi connectivity index (χ3v) is 2.67. The largest absolute Gasteiger partial charge is 0.436 e. The summed E-state index contributed by atoms with van der Waals surface area (Å²) >= 11 is 3.12. The molecule has 2 rings (SSSR count). The quantitative estimate of drug-likeness (QED) is 0.945. The van der Waals surface area contributed by atoms with Gasteiger partial charge in [0.2, 0.25) is 0 Å². The van der Waals surface area contributed by atoms with E-state index >= 15 is 0 Å². The molecule has 0 aliphatic rings. The molecule has 0 saturated carbocycles. The van der Waals surface area contributed by atoms with E-state index < -0.39 is 11.6 Å². The summed E-state index contributed by atoms with van der Waals surface area (Å²) in [6.07, 6.45) is 1.38. The number of hydrogen-bond donors (Lipinski definition) is 1. The van der Waals surface area contributed by atoms with Gasteiger partial charge >= 0.3 is 0 Å². The zero-order chi connectivity index (χ0) is 13.1. The maximum atomic E-state index is 13.8. The van der Waals surface area contributed by atoms with Crippen LogP contribution in [0.15, 0.2) is 34.9 Å². The first kappa shape index (κ1) is 12.9. The van der Waals surface area contributed by atoms with Gasteiger partial charge in [0.05, 0.1) is 0 Å². The van der Waals surface area contributed by atoms with Crippen molar-refractivity contribution in [1.29, 1.82) is 0 Å². The summed E-state index contributed by atoms with van der Waals surface area (Å²) in [7, 11) is 0. The highest BCUT2D eigenvalue weighted by Crippen LogP contribution is 2.27. The van der Waals surface area contributed by atoms with E-state index in [0.717, 1.165) is 6.07 Å². The molecule has 18 heavy (non-hydrogen) atoms. The van der Waals surface area contributed by atoms with Crippen LogP contribution in [0.3, 0.4) is 0 Å². The van der Waals surface area contributed by atoms with Crippen molar-refractivity contribution in [2.75, 3.05) is 0 Å². The van der Waals surface area contributed by atoms with Gasteiger partial charge in [0.1, 0.15) is 11.6 Å². The van der Waals surface area contributed by atoms with Gasteiger partial charge in [-0.05, 0) is 18.2 Å². The molecule has 1 aromatic heterocycles. The number of ether oxygens (including phenoxy) is 1. The Bertz CT molecular complexity index is 558. The molecule has 94 valence electrons. The average molecular weight is 315 g/mol. The van der Waals surface area contributed by atoms with Crippen molar-refractivity contribution >= 4 is 15.9 Å². The fraction of sp³-hybridized carbons (Fsp3) is 0.0833. The highest BCUT2D eigenvalue weighted by atomic mass is 79.9. The fourth-order valence-corrected chi connectivity index (χ4v) is 1.83. The smallest absolute Gasteiger partial charge is 0.256 e. The van der Waals surface area contributed by atoms with Crippen molar-refractivity contribution in [2.24, 2.45) is 5.73 Å². The van der Waals surface area contributed by atoms with E-state index in [1.807, 2.05) is 0 Å². The lowest BCUT2D eigenvalue weighted by atomic mass is 10.2. The van der Waals surface area contributed by atoms with Crippen molar-refractivity contribution < 1.29 is 13.5 Å². The van der Waals surface area contributed by atoms with Crippen LogP contribution in [0.1, 0.15) is 5.56 Å². The molecule has 1 aromatic carbocycles. The van der Waals surface area contributed by atoms with Gasteiger partial charge in [-0.1, -0.05) is 15.9 Å². The number of aromatic nitrogens is 1. The SMILES string of the molecule is NCc1ccnc(Oc2cc(F)cc(Br)c2)c1F. The Morgan fingerprint density at radius 1 is 1.28 bits per heavy atom. The van der Waals surface area contributed by atoms with Crippen LogP contribution in [0.2, 0.25) is 0 Å². The van der Waals surface area contributed by atoms with Crippen molar-refractivity contribution in [3.63, 3.8) is 0 Å². The summed E-state index contributed by atoms with van der Waals surface area (Å²) in [5.74, 6) is -1.20. The van der Waals surface area contributed by atoms with E-state index in [4.69, 9.17) is 10.5 Å². The highest BCUT2D eigenvalue weighted by Gasteiger charge is 2.11. The van der Waals surface area contributed by atoms with E-state index in [9.17, 15) is 8.78 Å². The fourth-order valence-electron chi connectivity index (χ4n) is 1.39. The van der Waals surface area contributed by atoms with Gasteiger partial charge in [0, 0.05) is 28.8 Å². The number of nitrogens with zero attached hydrogens (tertiary/aromatic N) is 1. The molecule has 2 N–H and O–H groups in total. The van der Waals surface area contributed by atoms with Crippen molar-refractivity contribution in [1.82, 2.24) is 4.98 Å².